The fourth-order valence-corrected chi connectivity index (χ4v) is 2.77. The Morgan fingerprint density at radius 3 is 2.35 bits per heavy atom. The SMILES string of the molecule is Cc1ncsc1C(=O)NCC(C(C)C)C(C)C. The number of hydrogen-bond donors (Lipinski definition) is 1. The molecular formula is C13H22N2OS. The monoisotopic (exact) mass is 254 g/mol. The van der Waals surface area contributed by atoms with E-state index in [1.54, 1.807) is 5.51 Å². The van der Waals surface area contributed by atoms with Crippen molar-refractivity contribution in [1.82, 2.24) is 10.3 Å². The largest absolute Gasteiger partial charge is 0.351 e. The summed E-state index contributed by atoms with van der Waals surface area (Å²) in [5, 5.41) is 3.02. The van der Waals surface area contributed by atoms with Crippen molar-refractivity contribution in [3.63, 3.8) is 0 Å². The molecule has 1 aromatic heterocycles. The Balaban J connectivity index is 2.56. The second-order valence-corrected chi connectivity index (χ2v) is 5.98. The van der Waals surface area contributed by atoms with Gasteiger partial charge in [-0.1, -0.05) is 27.7 Å². The van der Waals surface area contributed by atoms with E-state index in [1.807, 2.05) is 6.92 Å². The first-order valence-electron chi connectivity index (χ1n) is 6.11. The molecule has 96 valence electrons. The maximum atomic E-state index is 11.9. The van der Waals surface area contributed by atoms with Gasteiger partial charge in [0.1, 0.15) is 4.88 Å². The number of carbonyl (C=O) groups is 1. The molecule has 0 unspecified atom stereocenters. The Labute approximate surface area is 108 Å². The van der Waals surface area contributed by atoms with Gasteiger partial charge in [-0.05, 0) is 24.7 Å². The Bertz CT molecular complexity index is 363. The number of hydrogen-bond acceptors (Lipinski definition) is 3. The molecule has 0 aliphatic rings. The molecule has 0 fully saturated rings. The van der Waals surface area contributed by atoms with Crippen molar-refractivity contribution in [2.75, 3.05) is 6.54 Å². The molecule has 1 rings (SSSR count). The van der Waals surface area contributed by atoms with Crippen LogP contribution < -0.4 is 5.32 Å². The summed E-state index contributed by atoms with van der Waals surface area (Å²) in [6.07, 6.45) is 0. The molecule has 0 atom stereocenters. The average Bonchev–Trinajstić information content (AvgIpc) is 2.63. The molecule has 0 saturated heterocycles. The highest BCUT2D eigenvalue weighted by molar-refractivity contribution is 7.11. The highest BCUT2D eigenvalue weighted by Gasteiger charge is 2.19. The third-order valence-corrected chi connectivity index (χ3v) is 4.09. The average molecular weight is 254 g/mol. The first-order chi connectivity index (χ1) is 7.93. The minimum absolute atomic E-state index is 0.0105. The van der Waals surface area contributed by atoms with Crippen LogP contribution in [0.2, 0.25) is 0 Å². The second-order valence-electron chi connectivity index (χ2n) is 5.13. The Kier molecular flexibility index (Phi) is 5.12. The van der Waals surface area contributed by atoms with Crippen molar-refractivity contribution < 1.29 is 4.79 Å². The first kappa shape index (κ1) is 14.2. The molecule has 1 heterocycles. The molecular weight excluding hydrogens is 232 g/mol. The zero-order chi connectivity index (χ0) is 13.0. The molecule has 0 bridgehead atoms. The van der Waals surface area contributed by atoms with Gasteiger partial charge in [-0.25, -0.2) is 4.98 Å². The van der Waals surface area contributed by atoms with Crippen LogP contribution in [-0.2, 0) is 0 Å². The van der Waals surface area contributed by atoms with Gasteiger partial charge in [0.25, 0.3) is 5.91 Å². The van der Waals surface area contributed by atoms with Crippen LogP contribution in [0.1, 0.15) is 43.1 Å². The molecule has 4 heteroatoms. The van der Waals surface area contributed by atoms with E-state index in [0.717, 1.165) is 17.1 Å². The number of rotatable bonds is 5. The van der Waals surface area contributed by atoms with E-state index < -0.39 is 0 Å². The van der Waals surface area contributed by atoms with Gasteiger partial charge in [-0.15, -0.1) is 11.3 Å². The van der Waals surface area contributed by atoms with Gasteiger partial charge >= 0.3 is 0 Å². The number of nitrogens with zero attached hydrogens (tertiary/aromatic N) is 1. The normalized spacial score (nSPS) is 11.5. The number of aromatic nitrogens is 1. The number of thiazole rings is 1. The summed E-state index contributed by atoms with van der Waals surface area (Å²) < 4.78 is 0. The van der Waals surface area contributed by atoms with Crippen LogP contribution in [0.3, 0.4) is 0 Å². The molecule has 0 aliphatic carbocycles. The zero-order valence-electron chi connectivity index (χ0n) is 11.3. The lowest BCUT2D eigenvalue weighted by molar-refractivity contribution is 0.0940. The topological polar surface area (TPSA) is 42.0 Å². The standard InChI is InChI=1S/C13H22N2OS/c1-8(2)11(9(3)4)6-14-13(16)12-10(5)15-7-17-12/h7-9,11H,6H2,1-5H3,(H,14,16). The summed E-state index contributed by atoms with van der Waals surface area (Å²) in [4.78, 5) is 16.8. The molecule has 0 saturated carbocycles. The summed E-state index contributed by atoms with van der Waals surface area (Å²) in [5.74, 6) is 1.69. The van der Waals surface area contributed by atoms with Crippen molar-refractivity contribution in [1.29, 1.82) is 0 Å². The number of amides is 1. The van der Waals surface area contributed by atoms with Crippen molar-refractivity contribution in [2.24, 2.45) is 17.8 Å². The van der Waals surface area contributed by atoms with Gasteiger partial charge < -0.3 is 5.32 Å². The molecule has 0 aromatic carbocycles. The van der Waals surface area contributed by atoms with E-state index in [9.17, 15) is 4.79 Å². The van der Waals surface area contributed by atoms with Crippen LogP contribution >= 0.6 is 11.3 Å². The minimum atomic E-state index is 0.0105. The predicted octanol–water partition coefficient (Wildman–Crippen LogP) is 3.11. The first-order valence-corrected chi connectivity index (χ1v) is 6.99. The predicted molar refractivity (Wildman–Crippen MR) is 72.4 cm³/mol. The minimum Gasteiger partial charge on any atom is -0.351 e. The van der Waals surface area contributed by atoms with Crippen LogP contribution in [0.15, 0.2) is 5.51 Å². The molecule has 3 nitrogen and oxygen atoms in total. The van der Waals surface area contributed by atoms with Crippen LogP contribution in [-0.4, -0.2) is 17.4 Å². The number of aryl methyl sites for hydroxylation is 1. The van der Waals surface area contributed by atoms with Gasteiger partial charge in [0.15, 0.2) is 0 Å². The van der Waals surface area contributed by atoms with Gasteiger partial charge in [0.2, 0.25) is 0 Å². The van der Waals surface area contributed by atoms with Crippen LogP contribution in [0.5, 0.6) is 0 Å². The highest BCUT2D eigenvalue weighted by Crippen LogP contribution is 2.20. The Morgan fingerprint density at radius 2 is 1.94 bits per heavy atom. The highest BCUT2D eigenvalue weighted by atomic mass is 32.1. The van der Waals surface area contributed by atoms with Gasteiger partial charge in [0, 0.05) is 6.54 Å². The Morgan fingerprint density at radius 1 is 1.35 bits per heavy atom. The van der Waals surface area contributed by atoms with E-state index >= 15 is 0 Å². The lowest BCUT2D eigenvalue weighted by atomic mass is 9.85. The third-order valence-electron chi connectivity index (χ3n) is 3.16. The fraction of sp³-hybridized carbons (Fsp3) is 0.692. The number of nitrogens with one attached hydrogen (secondary N) is 1. The van der Waals surface area contributed by atoms with Gasteiger partial charge in [-0.2, -0.15) is 0 Å². The zero-order valence-corrected chi connectivity index (χ0v) is 12.1. The summed E-state index contributed by atoms with van der Waals surface area (Å²) in [6.45, 7) is 11.4. The lowest BCUT2D eigenvalue weighted by Crippen LogP contribution is -2.33. The third kappa shape index (κ3) is 3.80. The Hall–Kier alpha value is -0.900. The summed E-state index contributed by atoms with van der Waals surface area (Å²) >= 11 is 1.40. The van der Waals surface area contributed by atoms with Crippen LogP contribution in [0, 0.1) is 24.7 Å². The molecule has 0 radical (unpaired) electrons. The lowest BCUT2D eigenvalue weighted by Gasteiger charge is -2.24. The van der Waals surface area contributed by atoms with E-state index in [-0.39, 0.29) is 5.91 Å². The van der Waals surface area contributed by atoms with Gasteiger partial charge in [0.05, 0.1) is 11.2 Å². The summed E-state index contributed by atoms with van der Waals surface area (Å²) in [5.41, 5.74) is 2.53. The molecule has 0 aliphatic heterocycles. The van der Waals surface area contributed by atoms with E-state index in [0.29, 0.717) is 17.8 Å². The molecule has 1 aromatic rings. The van der Waals surface area contributed by atoms with E-state index in [2.05, 4.69) is 38.0 Å². The summed E-state index contributed by atoms with van der Waals surface area (Å²) in [6, 6.07) is 0. The van der Waals surface area contributed by atoms with Crippen LogP contribution in [0.4, 0.5) is 0 Å². The van der Waals surface area contributed by atoms with E-state index in [4.69, 9.17) is 0 Å². The van der Waals surface area contributed by atoms with Crippen molar-refractivity contribution in [3.05, 3.63) is 16.1 Å². The molecule has 1 amide bonds. The van der Waals surface area contributed by atoms with Crippen molar-refractivity contribution in [2.45, 2.75) is 34.6 Å². The van der Waals surface area contributed by atoms with Gasteiger partial charge in [-0.3, -0.25) is 4.79 Å². The second kappa shape index (κ2) is 6.15. The van der Waals surface area contributed by atoms with E-state index in [1.165, 1.54) is 11.3 Å². The molecule has 1 N–H and O–H groups in total. The van der Waals surface area contributed by atoms with Crippen LogP contribution in [0.25, 0.3) is 0 Å². The molecule has 0 spiro atoms. The maximum Gasteiger partial charge on any atom is 0.263 e. The van der Waals surface area contributed by atoms with Crippen molar-refractivity contribution >= 4 is 17.2 Å². The molecule has 17 heavy (non-hydrogen) atoms. The smallest absolute Gasteiger partial charge is 0.263 e. The quantitative estimate of drug-likeness (QED) is 0.877. The number of carbonyl (C=O) groups excluding carboxylic acids is 1. The maximum absolute atomic E-state index is 11.9. The van der Waals surface area contributed by atoms with Crippen molar-refractivity contribution in [3.8, 4) is 0 Å². The fourth-order valence-electron chi connectivity index (χ4n) is 2.05. The summed E-state index contributed by atoms with van der Waals surface area (Å²) in [7, 11) is 0.